The molecule has 0 fully saturated rings. The number of hydrogen-bond acceptors (Lipinski definition) is 7. The zero-order chi connectivity index (χ0) is 20.0. The SMILES string of the molecule is CCN(CC)c1ccc(/C=N/NC(=O)Cn2nc([N+](=O)[O-])cc2C)c(O)c1. The summed E-state index contributed by atoms with van der Waals surface area (Å²) in [6.07, 6.45) is 1.33. The molecule has 0 atom stereocenters. The van der Waals surface area contributed by atoms with E-state index in [1.54, 1.807) is 19.1 Å². The van der Waals surface area contributed by atoms with Gasteiger partial charge in [-0.15, -0.1) is 0 Å². The van der Waals surface area contributed by atoms with Crippen molar-refractivity contribution in [3.8, 4) is 5.75 Å². The number of phenolic OH excluding ortho intramolecular Hbond substituents is 1. The number of hydrazone groups is 1. The number of nitrogens with zero attached hydrogens (tertiary/aromatic N) is 5. The Morgan fingerprint density at radius 2 is 2.11 bits per heavy atom. The molecular formula is C17H22N6O4. The van der Waals surface area contributed by atoms with Gasteiger partial charge in [-0.2, -0.15) is 9.78 Å². The van der Waals surface area contributed by atoms with E-state index in [1.165, 1.54) is 17.0 Å². The number of rotatable bonds is 8. The molecule has 2 rings (SSSR count). The molecule has 0 aliphatic heterocycles. The molecule has 0 saturated carbocycles. The predicted octanol–water partition coefficient (Wildman–Crippen LogP) is 1.80. The molecule has 10 heteroatoms. The van der Waals surface area contributed by atoms with Crippen molar-refractivity contribution in [3.63, 3.8) is 0 Å². The number of aromatic nitrogens is 2. The second kappa shape index (κ2) is 8.79. The van der Waals surface area contributed by atoms with E-state index in [1.807, 2.05) is 19.9 Å². The van der Waals surface area contributed by atoms with Crippen molar-refractivity contribution in [1.29, 1.82) is 0 Å². The van der Waals surface area contributed by atoms with Gasteiger partial charge in [0, 0.05) is 30.4 Å². The predicted molar refractivity (Wildman–Crippen MR) is 101 cm³/mol. The molecule has 2 aromatic rings. The summed E-state index contributed by atoms with van der Waals surface area (Å²) in [5.41, 5.74) is 4.16. The van der Waals surface area contributed by atoms with Gasteiger partial charge in [-0.05, 0) is 37.8 Å². The minimum atomic E-state index is -0.621. The highest BCUT2D eigenvalue weighted by Gasteiger charge is 2.17. The maximum Gasteiger partial charge on any atom is 0.390 e. The van der Waals surface area contributed by atoms with Crippen LogP contribution in [0.2, 0.25) is 0 Å². The largest absolute Gasteiger partial charge is 0.507 e. The van der Waals surface area contributed by atoms with Crippen LogP contribution >= 0.6 is 0 Å². The van der Waals surface area contributed by atoms with Crippen LogP contribution in [0.25, 0.3) is 0 Å². The van der Waals surface area contributed by atoms with Gasteiger partial charge in [0.05, 0.1) is 23.1 Å². The molecule has 10 nitrogen and oxygen atoms in total. The number of benzene rings is 1. The molecule has 0 radical (unpaired) electrons. The Bertz CT molecular complexity index is 857. The Balaban J connectivity index is 1.98. The molecule has 0 unspecified atom stereocenters. The van der Waals surface area contributed by atoms with Gasteiger partial charge in [-0.1, -0.05) is 0 Å². The number of phenols is 1. The first-order chi connectivity index (χ1) is 12.8. The van der Waals surface area contributed by atoms with E-state index in [0.29, 0.717) is 11.3 Å². The fraction of sp³-hybridized carbons (Fsp3) is 0.353. The van der Waals surface area contributed by atoms with Gasteiger partial charge in [0.25, 0.3) is 5.91 Å². The fourth-order valence-electron chi connectivity index (χ4n) is 2.51. The summed E-state index contributed by atoms with van der Waals surface area (Å²) >= 11 is 0. The molecule has 1 aromatic carbocycles. The lowest BCUT2D eigenvalue weighted by Crippen LogP contribution is -2.24. The summed E-state index contributed by atoms with van der Waals surface area (Å²) in [5, 5.41) is 28.4. The Labute approximate surface area is 156 Å². The van der Waals surface area contributed by atoms with Crippen molar-refractivity contribution in [1.82, 2.24) is 15.2 Å². The number of nitrogens with one attached hydrogen (secondary N) is 1. The van der Waals surface area contributed by atoms with Gasteiger partial charge in [0.2, 0.25) is 0 Å². The molecule has 0 saturated heterocycles. The van der Waals surface area contributed by atoms with Crippen LogP contribution in [0.3, 0.4) is 0 Å². The van der Waals surface area contributed by atoms with Crippen LogP contribution in [0.1, 0.15) is 25.1 Å². The molecule has 0 spiro atoms. The van der Waals surface area contributed by atoms with Crippen molar-refractivity contribution < 1.29 is 14.8 Å². The Morgan fingerprint density at radius 1 is 1.41 bits per heavy atom. The molecule has 0 aliphatic carbocycles. The minimum Gasteiger partial charge on any atom is -0.507 e. The van der Waals surface area contributed by atoms with E-state index in [-0.39, 0.29) is 18.1 Å². The first-order valence-corrected chi connectivity index (χ1v) is 8.44. The van der Waals surface area contributed by atoms with E-state index < -0.39 is 10.8 Å². The first kappa shape index (κ1) is 19.9. The van der Waals surface area contributed by atoms with Gasteiger partial charge < -0.3 is 20.1 Å². The summed E-state index contributed by atoms with van der Waals surface area (Å²) in [6, 6.07) is 6.50. The van der Waals surface area contributed by atoms with Gasteiger partial charge in [0.1, 0.15) is 12.3 Å². The third-order valence-corrected chi connectivity index (χ3v) is 3.98. The highest BCUT2D eigenvalue weighted by Crippen LogP contribution is 2.23. The number of carbonyl (C=O) groups excluding carboxylic acids is 1. The lowest BCUT2D eigenvalue weighted by molar-refractivity contribution is -0.389. The molecule has 2 N–H and O–H groups in total. The minimum absolute atomic E-state index is 0.0518. The smallest absolute Gasteiger partial charge is 0.390 e. The lowest BCUT2D eigenvalue weighted by atomic mass is 10.2. The number of anilines is 1. The fourth-order valence-corrected chi connectivity index (χ4v) is 2.51. The summed E-state index contributed by atoms with van der Waals surface area (Å²) < 4.78 is 1.22. The lowest BCUT2D eigenvalue weighted by Gasteiger charge is -2.21. The average molecular weight is 374 g/mol. The third-order valence-electron chi connectivity index (χ3n) is 3.98. The average Bonchev–Trinajstić information content (AvgIpc) is 2.99. The van der Waals surface area contributed by atoms with E-state index in [2.05, 4.69) is 20.5 Å². The molecule has 1 heterocycles. The van der Waals surface area contributed by atoms with Crippen molar-refractivity contribution in [2.75, 3.05) is 18.0 Å². The van der Waals surface area contributed by atoms with Crippen molar-refractivity contribution >= 4 is 23.6 Å². The number of aryl methyl sites for hydroxylation is 1. The second-order valence-corrected chi connectivity index (χ2v) is 5.77. The zero-order valence-electron chi connectivity index (χ0n) is 15.4. The maximum atomic E-state index is 11.9. The molecular weight excluding hydrogens is 352 g/mol. The van der Waals surface area contributed by atoms with Crippen LogP contribution in [-0.4, -0.2) is 45.0 Å². The topological polar surface area (TPSA) is 126 Å². The van der Waals surface area contributed by atoms with Crippen molar-refractivity contribution in [3.05, 3.63) is 45.6 Å². The highest BCUT2D eigenvalue weighted by atomic mass is 16.6. The first-order valence-electron chi connectivity index (χ1n) is 8.44. The quantitative estimate of drug-likeness (QED) is 0.412. The normalized spacial score (nSPS) is 10.9. The molecule has 1 aromatic heterocycles. The molecule has 1 amide bonds. The Hall–Kier alpha value is -3.43. The molecule has 0 bridgehead atoms. The Kier molecular flexibility index (Phi) is 6.47. The van der Waals surface area contributed by atoms with E-state index in [4.69, 9.17) is 0 Å². The van der Waals surface area contributed by atoms with Crippen LogP contribution in [0.4, 0.5) is 11.5 Å². The molecule has 144 valence electrons. The van der Waals surface area contributed by atoms with Gasteiger partial charge in [-0.25, -0.2) is 5.43 Å². The maximum absolute atomic E-state index is 11.9. The second-order valence-electron chi connectivity index (χ2n) is 5.77. The molecule has 0 aliphatic rings. The van der Waals surface area contributed by atoms with Crippen LogP contribution in [-0.2, 0) is 11.3 Å². The number of nitro groups is 1. The highest BCUT2D eigenvalue weighted by molar-refractivity contribution is 5.86. The van der Waals surface area contributed by atoms with Gasteiger partial charge in [-0.3, -0.25) is 4.79 Å². The monoisotopic (exact) mass is 374 g/mol. The van der Waals surface area contributed by atoms with Crippen molar-refractivity contribution in [2.24, 2.45) is 5.10 Å². The number of carbonyl (C=O) groups is 1. The summed E-state index contributed by atoms with van der Waals surface area (Å²) in [5.74, 6) is -0.760. The van der Waals surface area contributed by atoms with E-state index in [9.17, 15) is 20.0 Å². The Morgan fingerprint density at radius 3 is 2.67 bits per heavy atom. The zero-order valence-corrected chi connectivity index (χ0v) is 15.4. The van der Waals surface area contributed by atoms with E-state index in [0.717, 1.165) is 18.8 Å². The number of aromatic hydroxyl groups is 1. The summed E-state index contributed by atoms with van der Waals surface area (Å²) in [4.78, 5) is 24.1. The van der Waals surface area contributed by atoms with Crippen LogP contribution in [0, 0.1) is 17.0 Å². The van der Waals surface area contributed by atoms with Crippen LogP contribution in [0.5, 0.6) is 5.75 Å². The van der Waals surface area contributed by atoms with E-state index >= 15 is 0 Å². The van der Waals surface area contributed by atoms with Crippen LogP contribution < -0.4 is 10.3 Å². The number of amides is 1. The standard InChI is InChI=1S/C17H22N6O4/c1-4-21(5-2)14-7-6-13(15(24)9-14)10-18-19-17(25)11-22-12(3)8-16(20-22)23(26)27/h6-10,24H,4-5,11H2,1-3H3,(H,19,25)/b18-10+. The summed E-state index contributed by atoms with van der Waals surface area (Å²) in [6.45, 7) is 7.12. The third kappa shape index (κ3) is 5.03. The van der Waals surface area contributed by atoms with Gasteiger partial charge in [0.15, 0.2) is 0 Å². The molecule has 27 heavy (non-hydrogen) atoms. The van der Waals surface area contributed by atoms with Crippen LogP contribution in [0.15, 0.2) is 29.4 Å². The van der Waals surface area contributed by atoms with Crippen molar-refractivity contribution in [2.45, 2.75) is 27.3 Å². The summed E-state index contributed by atoms with van der Waals surface area (Å²) in [7, 11) is 0. The number of hydrogen-bond donors (Lipinski definition) is 2. The van der Waals surface area contributed by atoms with Gasteiger partial charge >= 0.3 is 5.82 Å².